The number of hydrogen-bond donors (Lipinski definition) is 1. The number of carbonyl (C=O) groups is 1. The highest BCUT2D eigenvalue weighted by Crippen LogP contribution is 2.36. The fourth-order valence-corrected chi connectivity index (χ4v) is 6.61. The number of rotatable bonds is 11. The molecule has 1 aliphatic heterocycles. The Bertz CT molecular complexity index is 1420. The number of carbonyl (C=O) groups excluding carboxylic acids is 1. The van der Waals surface area contributed by atoms with Gasteiger partial charge in [0, 0.05) is 30.6 Å². The number of ether oxygens (including phenoxy) is 1. The Morgan fingerprint density at radius 2 is 1.77 bits per heavy atom. The number of sulfonamides is 1. The molecule has 0 radical (unpaired) electrons. The molecule has 3 aromatic rings. The molecule has 7 nitrogen and oxygen atoms in total. The molecule has 1 atom stereocenters. The van der Waals surface area contributed by atoms with Crippen LogP contribution >= 0.6 is 11.6 Å². The highest BCUT2D eigenvalue weighted by Gasteiger charge is 2.33. The number of benzene rings is 3. The van der Waals surface area contributed by atoms with Crippen LogP contribution in [0.5, 0.6) is 0 Å². The van der Waals surface area contributed by atoms with Crippen molar-refractivity contribution < 1.29 is 26.7 Å². The lowest BCUT2D eigenvalue weighted by atomic mass is 9.99. The predicted octanol–water partition coefficient (Wildman–Crippen LogP) is 5.94. The Balaban J connectivity index is 1.54. The van der Waals surface area contributed by atoms with Gasteiger partial charge in [-0.3, -0.25) is 4.31 Å². The van der Waals surface area contributed by atoms with Crippen molar-refractivity contribution in [1.29, 1.82) is 0 Å². The van der Waals surface area contributed by atoms with Gasteiger partial charge in [-0.1, -0.05) is 35.9 Å². The summed E-state index contributed by atoms with van der Waals surface area (Å²) in [5.74, 6) is -1.67. The molecule has 0 spiro atoms. The Morgan fingerprint density at radius 3 is 2.50 bits per heavy atom. The first-order valence-corrected chi connectivity index (χ1v) is 14.9. The fourth-order valence-electron chi connectivity index (χ4n) is 4.84. The molecule has 1 aliphatic rings. The molecular formula is C29H32ClF2N3O4S. The van der Waals surface area contributed by atoms with Crippen molar-refractivity contribution in [2.75, 3.05) is 37.1 Å². The lowest BCUT2D eigenvalue weighted by Crippen LogP contribution is -2.35. The first-order chi connectivity index (χ1) is 19.2. The van der Waals surface area contributed by atoms with Gasteiger partial charge in [0.25, 0.3) is 10.0 Å². The van der Waals surface area contributed by atoms with Crippen LogP contribution in [0.2, 0.25) is 5.02 Å². The average Bonchev–Trinajstić information content (AvgIpc) is 3.45. The summed E-state index contributed by atoms with van der Waals surface area (Å²) in [6.07, 6.45) is 2.11. The summed E-state index contributed by atoms with van der Waals surface area (Å²) in [5.41, 5.74) is 0.834. The Morgan fingerprint density at radius 1 is 1.07 bits per heavy atom. The monoisotopic (exact) mass is 591 g/mol. The van der Waals surface area contributed by atoms with Crippen LogP contribution in [0.4, 0.5) is 19.3 Å². The van der Waals surface area contributed by atoms with Crippen LogP contribution in [0, 0.1) is 11.6 Å². The topological polar surface area (TPSA) is 79.0 Å². The zero-order valence-electron chi connectivity index (χ0n) is 22.2. The molecule has 0 unspecified atom stereocenters. The highest BCUT2D eigenvalue weighted by atomic mass is 35.5. The van der Waals surface area contributed by atoms with Crippen molar-refractivity contribution in [1.82, 2.24) is 10.2 Å². The molecule has 214 valence electrons. The number of amides is 1. The van der Waals surface area contributed by atoms with Gasteiger partial charge in [-0.15, -0.1) is 0 Å². The standard InChI is InChI=1S/C29H32ClF2N3O4S/c1-21(26-7-3-2-6-22(26)14-19-39-29(36)33-15-18-34-16-4-5-17-34)35(28-20-24(31)10-13-27(28)32)40(37,38)25-11-8-23(30)9-12-25/h2-3,6-13,20-21H,4-5,14-19H2,1H3,(H,33,36)/t21-/m1/s1. The van der Waals surface area contributed by atoms with Crippen molar-refractivity contribution in [3.63, 3.8) is 0 Å². The predicted molar refractivity (Wildman–Crippen MR) is 151 cm³/mol. The van der Waals surface area contributed by atoms with Crippen molar-refractivity contribution in [2.45, 2.75) is 37.1 Å². The first-order valence-electron chi connectivity index (χ1n) is 13.1. The van der Waals surface area contributed by atoms with Crippen LogP contribution < -0.4 is 9.62 Å². The molecule has 1 N–H and O–H groups in total. The van der Waals surface area contributed by atoms with E-state index in [-0.39, 0.29) is 11.5 Å². The second-order valence-electron chi connectivity index (χ2n) is 9.59. The summed E-state index contributed by atoms with van der Waals surface area (Å²) in [4.78, 5) is 14.3. The maximum atomic E-state index is 15.0. The number of likely N-dealkylation sites (tertiary alicyclic amines) is 1. The third-order valence-corrected chi connectivity index (χ3v) is 9.02. The highest BCUT2D eigenvalue weighted by molar-refractivity contribution is 7.92. The molecule has 1 heterocycles. The first kappa shape index (κ1) is 29.8. The number of alkyl carbamates (subject to hydrolysis) is 1. The summed E-state index contributed by atoms with van der Waals surface area (Å²) in [6, 6.07) is 14.2. The van der Waals surface area contributed by atoms with Gasteiger partial charge in [-0.2, -0.15) is 0 Å². The van der Waals surface area contributed by atoms with Crippen molar-refractivity contribution in [2.24, 2.45) is 0 Å². The number of nitrogens with zero attached hydrogens (tertiary/aromatic N) is 2. The van der Waals surface area contributed by atoms with Crippen LogP contribution in [-0.2, 0) is 21.2 Å². The van der Waals surface area contributed by atoms with Crippen molar-refractivity contribution >= 4 is 33.4 Å². The molecule has 0 aliphatic carbocycles. The van der Waals surface area contributed by atoms with Crippen LogP contribution in [0.15, 0.2) is 71.6 Å². The molecule has 1 amide bonds. The molecule has 3 aromatic carbocycles. The van der Waals surface area contributed by atoms with Crippen molar-refractivity contribution in [3.8, 4) is 0 Å². The third kappa shape index (κ3) is 7.30. The normalized spacial score (nSPS) is 14.6. The van der Waals surface area contributed by atoms with Crippen LogP contribution in [0.25, 0.3) is 0 Å². The molecular weight excluding hydrogens is 560 g/mol. The minimum Gasteiger partial charge on any atom is -0.449 e. The van der Waals surface area contributed by atoms with Gasteiger partial charge in [0.15, 0.2) is 0 Å². The van der Waals surface area contributed by atoms with E-state index in [1.54, 1.807) is 31.2 Å². The van der Waals surface area contributed by atoms with E-state index in [2.05, 4.69) is 10.2 Å². The van der Waals surface area contributed by atoms with Crippen LogP contribution in [0.1, 0.15) is 36.9 Å². The zero-order chi connectivity index (χ0) is 28.7. The van der Waals surface area contributed by atoms with E-state index < -0.39 is 39.5 Å². The van der Waals surface area contributed by atoms with Gasteiger partial charge in [0.1, 0.15) is 11.6 Å². The summed E-state index contributed by atoms with van der Waals surface area (Å²) in [6.45, 7) is 4.99. The third-order valence-electron chi connectivity index (χ3n) is 6.87. The van der Waals surface area contributed by atoms with Gasteiger partial charge in [-0.25, -0.2) is 22.0 Å². The summed E-state index contributed by atoms with van der Waals surface area (Å²) in [7, 11) is -4.36. The summed E-state index contributed by atoms with van der Waals surface area (Å²) >= 11 is 5.95. The molecule has 0 aromatic heterocycles. The fraction of sp³-hybridized carbons (Fsp3) is 0.345. The second kappa shape index (κ2) is 13.4. The van der Waals surface area contributed by atoms with Gasteiger partial charge < -0.3 is 15.0 Å². The van der Waals surface area contributed by atoms with E-state index in [0.29, 0.717) is 29.1 Å². The van der Waals surface area contributed by atoms with Gasteiger partial charge in [-0.05, 0) is 80.4 Å². The zero-order valence-corrected chi connectivity index (χ0v) is 23.7. The average molecular weight is 592 g/mol. The Labute approximate surface area is 238 Å². The van der Waals surface area contributed by atoms with E-state index in [4.69, 9.17) is 16.3 Å². The quantitative estimate of drug-likeness (QED) is 0.299. The summed E-state index contributed by atoms with van der Waals surface area (Å²) < 4.78 is 63.2. The minimum absolute atomic E-state index is 0.0531. The van der Waals surface area contributed by atoms with E-state index in [1.165, 1.54) is 37.1 Å². The molecule has 11 heteroatoms. The SMILES string of the molecule is C[C@H](c1ccccc1CCOC(=O)NCCN1CCCC1)N(c1cc(F)ccc1F)S(=O)(=O)c1ccc(Cl)cc1. The largest absolute Gasteiger partial charge is 0.449 e. The minimum atomic E-state index is -4.36. The number of halogens is 3. The lowest BCUT2D eigenvalue weighted by molar-refractivity contribution is 0.146. The summed E-state index contributed by atoms with van der Waals surface area (Å²) in [5, 5.41) is 3.08. The number of nitrogens with one attached hydrogen (secondary N) is 1. The van der Waals surface area contributed by atoms with E-state index in [1.807, 2.05) is 0 Å². The van der Waals surface area contributed by atoms with Gasteiger partial charge in [0.2, 0.25) is 0 Å². The van der Waals surface area contributed by atoms with E-state index in [0.717, 1.165) is 42.1 Å². The molecule has 40 heavy (non-hydrogen) atoms. The smallest absolute Gasteiger partial charge is 0.407 e. The van der Waals surface area contributed by atoms with E-state index >= 15 is 4.39 Å². The van der Waals surface area contributed by atoms with Crippen LogP contribution in [-0.4, -0.2) is 52.2 Å². The molecule has 0 bridgehead atoms. The van der Waals surface area contributed by atoms with Crippen LogP contribution in [0.3, 0.4) is 0 Å². The molecule has 0 saturated carbocycles. The maximum Gasteiger partial charge on any atom is 0.407 e. The van der Waals surface area contributed by atoms with Crippen molar-refractivity contribution in [3.05, 3.63) is 94.5 Å². The second-order valence-corrected chi connectivity index (χ2v) is 11.8. The van der Waals surface area contributed by atoms with Gasteiger partial charge in [0.05, 0.1) is 23.2 Å². The van der Waals surface area contributed by atoms with Gasteiger partial charge >= 0.3 is 6.09 Å². The molecule has 1 saturated heterocycles. The lowest BCUT2D eigenvalue weighted by Gasteiger charge is -2.32. The Kier molecular flexibility index (Phi) is 9.99. The Hall–Kier alpha value is -3.21. The number of hydrogen-bond acceptors (Lipinski definition) is 5. The maximum absolute atomic E-state index is 15.0. The van der Waals surface area contributed by atoms with E-state index in [9.17, 15) is 17.6 Å². The molecule has 1 fully saturated rings. The number of anilines is 1. The molecule has 4 rings (SSSR count).